The highest BCUT2D eigenvalue weighted by atomic mass is 35.5. The number of halogens is 1. The van der Waals surface area contributed by atoms with Crippen molar-refractivity contribution >= 4 is 28.7 Å². The molecule has 1 spiro atoms. The van der Waals surface area contributed by atoms with E-state index < -0.39 is 5.41 Å². The van der Waals surface area contributed by atoms with Crippen LogP contribution in [0.5, 0.6) is 0 Å². The lowest BCUT2D eigenvalue weighted by atomic mass is 9.70. The van der Waals surface area contributed by atoms with Gasteiger partial charge in [0.1, 0.15) is 0 Å². The van der Waals surface area contributed by atoms with Gasteiger partial charge >= 0.3 is 0 Å². The van der Waals surface area contributed by atoms with Gasteiger partial charge in [-0.1, -0.05) is 183 Å². The molecule has 3 aliphatic rings. The van der Waals surface area contributed by atoms with E-state index in [0.29, 0.717) is 0 Å². The Morgan fingerprint density at radius 3 is 1.48 bits per heavy atom. The fourth-order valence-corrected chi connectivity index (χ4v) is 11.1. The predicted octanol–water partition coefficient (Wildman–Crippen LogP) is 15.8. The van der Waals surface area contributed by atoms with Gasteiger partial charge in [-0.2, -0.15) is 0 Å². The molecule has 60 heavy (non-hydrogen) atoms. The molecule has 9 aromatic carbocycles. The quantitative estimate of drug-likeness (QED) is 0.168. The van der Waals surface area contributed by atoms with Crippen molar-refractivity contribution in [2.45, 2.75) is 24.7 Å². The van der Waals surface area contributed by atoms with Crippen LogP contribution in [0.3, 0.4) is 0 Å². The van der Waals surface area contributed by atoms with Gasteiger partial charge in [-0.15, -0.1) is 0 Å². The van der Waals surface area contributed by atoms with E-state index in [9.17, 15) is 0 Å². The van der Waals surface area contributed by atoms with E-state index in [1.807, 2.05) is 6.07 Å². The molecule has 0 aromatic heterocycles. The van der Waals surface area contributed by atoms with Crippen molar-refractivity contribution in [2.75, 3.05) is 4.90 Å². The number of rotatable bonds is 5. The lowest BCUT2D eigenvalue weighted by molar-refractivity contribution is 0.660. The van der Waals surface area contributed by atoms with Gasteiger partial charge in [0, 0.05) is 27.5 Å². The second-order valence-electron chi connectivity index (χ2n) is 17.0. The Labute approximate surface area is 356 Å². The fourth-order valence-electron chi connectivity index (χ4n) is 10.9. The van der Waals surface area contributed by atoms with E-state index >= 15 is 0 Å². The van der Waals surface area contributed by atoms with E-state index in [2.05, 4.69) is 219 Å². The minimum Gasteiger partial charge on any atom is -0.310 e. The standard InChI is InChI=1S/C58H40ClN/c1-57(2)50-19-9-6-15-45(50)48-34-32-43(36-54(48)57)60(41-28-23-38(24-29-41)37-13-4-3-5-14-37)42-30-25-39(26-31-42)44-18-12-22-53-56(44)49-33-27-40(59)35-55(49)58(53)51-20-10-7-16-46(51)47-17-8-11-21-52(47)58/h3-36H,1-2H3. The summed E-state index contributed by atoms with van der Waals surface area (Å²) in [7, 11) is 0. The largest absolute Gasteiger partial charge is 0.310 e. The highest BCUT2D eigenvalue weighted by Gasteiger charge is 2.52. The normalized spacial score (nSPS) is 14.2. The molecular formula is C58H40ClN. The van der Waals surface area contributed by atoms with Crippen LogP contribution in [0.1, 0.15) is 47.2 Å². The first-order chi connectivity index (χ1) is 29.4. The summed E-state index contributed by atoms with van der Waals surface area (Å²) in [4.78, 5) is 2.41. The Bertz CT molecular complexity index is 3130. The average Bonchev–Trinajstić information content (AvgIpc) is 3.85. The Morgan fingerprint density at radius 1 is 0.333 bits per heavy atom. The lowest BCUT2D eigenvalue weighted by Crippen LogP contribution is -2.25. The molecule has 0 amide bonds. The van der Waals surface area contributed by atoms with Crippen LogP contribution in [-0.2, 0) is 10.8 Å². The first-order valence-electron chi connectivity index (χ1n) is 20.9. The highest BCUT2D eigenvalue weighted by Crippen LogP contribution is 2.64. The summed E-state index contributed by atoms with van der Waals surface area (Å²) in [5.41, 5.74) is 23.3. The van der Waals surface area contributed by atoms with Gasteiger partial charge in [0.2, 0.25) is 0 Å². The van der Waals surface area contributed by atoms with Gasteiger partial charge in [0.15, 0.2) is 0 Å². The van der Waals surface area contributed by atoms with Gasteiger partial charge in [0.05, 0.1) is 5.41 Å². The summed E-state index contributed by atoms with van der Waals surface area (Å²) in [6, 6.07) is 75.9. The number of benzene rings is 9. The summed E-state index contributed by atoms with van der Waals surface area (Å²) in [5, 5.41) is 0.754. The predicted molar refractivity (Wildman–Crippen MR) is 251 cm³/mol. The topological polar surface area (TPSA) is 3.24 Å². The maximum Gasteiger partial charge on any atom is 0.0726 e. The number of nitrogens with zero attached hydrogens (tertiary/aromatic N) is 1. The molecular weight excluding hydrogens is 746 g/mol. The number of hydrogen-bond donors (Lipinski definition) is 0. The van der Waals surface area contributed by atoms with Crippen LogP contribution in [0, 0.1) is 0 Å². The zero-order valence-electron chi connectivity index (χ0n) is 33.5. The van der Waals surface area contributed by atoms with E-state index in [0.717, 1.165) is 22.1 Å². The van der Waals surface area contributed by atoms with Gasteiger partial charge in [-0.3, -0.25) is 0 Å². The van der Waals surface area contributed by atoms with Crippen molar-refractivity contribution in [1.29, 1.82) is 0 Å². The molecule has 0 saturated heterocycles. The molecule has 0 unspecified atom stereocenters. The third-order valence-electron chi connectivity index (χ3n) is 13.6. The Kier molecular flexibility index (Phi) is 7.62. The van der Waals surface area contributed by atoms with Crippen LogP contribution < -0.4 is 4.90 Å². The summed E-state index contributed by atoms with van der Waals surface area (Å²) in [5.74, 6) is 0. The summed E-state index contributed by atoms with van der Waals surface area (Å²) < 4.78 is 0. The van der Waals surface area contributed by atoms with Gasteiger partial charge in [-0.05, 0) is 138 Å². The molecule has 0 atom stereocenters. The van der Waals surface area contributed by atoms with Crippen LogP contribution in [-0.4, -0.2) is 0 Å². The third-order valence-corrected chi connectivity index (χ3v) is 13.8. The van der Waals surface area contributed by atoms with Crippen molar-refractivity contribution in [2.24, 2.45) is 0 Å². The van der Waals surface area contributed by atoms with Gasteiger partial charge in [-0.25, -0.2) is 0 Å². The molecule has 284 valence electrons. The van der Waals surface area contributed by atoms with Gasteiger partial charge < -0.3 is 4.90 Å². The summed E-state index contributed by atoms with van der Waals surface area (Å²) >= 11 is 6.89. The van der Waals surface area contributed by atoms with Crippen molar-refractivity contribution in [1.82, 2.24) is 0 Å². The van der Waals surface area contributed by atoms with Crippen LogP contribution in [0.25, 0.3) is 55.6 Å². The minimum absolute atomic E-state index is 0.111. The third kappa shape index (κ3) is 4.87. The molecule has 0 fully saturated rings. The highest BCUT2D eigenvalue weighted by molar-refractivity contribution is 6.31. The van der Waals surface area contributed by atoms with Crippen molar-refractivity contribution in [3.8, 4) is 55.6 Å². The maximum atomic E-state index is 6.89. The summed E-state index contributed by atoms with van der Waals surface area (Å²) in [6.07, 6.45) is 0. The fraction of sp³-hybridized carbons (Fsp3) is 0.0690. The molecule has 0 radical (unpaired) electrons. The minimum atomic E-state index is -0.456. The first kappa shape index (κ1) is 35.1. The Balaban J connectivity index is 1.01. The molecule has 0 heterocycles. The second-order valence-corrected chi connectivity index (χ2v) is 17.4. The zero-order valence-corrected chi connectivity index (χ0v) is 34.2. The molecule has 9 aromatic rings. The molecule has 3 aliphatic carbocycles. The van der Waals surface area contributed by atoms with E-state index in [1.54, 1.807) is 0 Å². The Morgan fingerprint density at radius 2 is 0.817 bits per heavy atom. The van der Waals surface area contributed by atoms with Crippen LogP contribution in [0.15, 0.2) is 206 Å². The lowest BCUT2D eigenvalue weighted by Gasteiger charge is -2.30. The van der Waals surface area contributed by atoms with E-state index in [-0.39, 0.29) is 5.41 Å². The molecule has 0 bridgehead atoms. The molecule has 0 N–H and O–H groups in total. The van der Waals surface area contributed by atoms with E-state index in [4.69, 9.17) is 11.6 Å². The SMILES string of the molecule is CC1(C)c2ccccc2-c2ccc(N(c3ccc(-c4ccccc4)cc3)c3ccc(-c4cccc5c4-c4ccc(Cl)cc4C54c5ccccc5-c5ccccc54)cc3)cc21. The van der Waals surface area contributed by atoms with Crippen molar-refractivity contribution in [3.63, 3.8) is 0 Å². The smallest absolute Gasteiger partial charge is 0.0726 e. The zero-order chi connectivity index (χ0) is 40.2. The molecule has 1 nitrogen and oxygen atoms in total. The van der Waals surface area contributed by atoms with Crippen molar-refractivity contribution in [3.05, 3.63) is 245 Å². The molecule has 2 heteroatoms. The second kappa shape index (κ2) is 13.0. The van der Waals surface area contributed by atoms with Crippen molar-refractivity contribution < 1.29 is 0 Å². The summed E-state index contributed by atoms with van der Waals surface area (Å²) in [6.45, 7) is 4.71. The number of fused-ring (bicyclic) bond motifs is 13. The molecule has 0 aliphatic heterocycles. The Hall–Kier alpha value is -6.93. The molecule has 0 saturated carbocycles. The first-order valence-corrected chi connectivity index (χ1v) is 21.2. The average molecular weight is 786 g/mol. The maximum absolute atomic E-state index is 6.89. The number of hydrogen-bond acceptors (Lipinski definition) is 1. The number of anilines is 3. The van der Waals surface area contributed by atoms with E-state index in [1.165, 1.54) is 89.0 Å². The van der Waals surface area contributed by atoms with Crippen LogP contribution in [0.4, 0.5) is 17.1 Å². The monoisotopic (exact) mass is 785 g/mol. The van der Waals surface area contributed by atoms with Crippen LogP contribution in [0.2, 0.25) is 5.02 Å². The van der Waals surface area contributed by atoms with Crippen LogP contribution >= 0.6 is 11.6 Å². The van der Waals surface area contributed by atoms with Gasteiger partial charge in [0.25, 0.3) is 0 Å². The molecule has 12 rings (SSSR count).